The van der Waals surface area contributed by atoms with Gasteiger partial charge in [0.2, 0.25) is 0 Å². The van der Waals surface area contributed by atoms with E-state index in [1.165, 1.54) is 24.1 Å². The first-order chi connectivity index (χ1) is 7.74. The standard InChI is InChI=1S/C13H23N3/c1-5-12(6-2)16(4)13-10-15-8-7-11(13)9-14-3/h7-8,10,12,14H,5-6,9H2,1-4H3. The summed E-state index contributed by atoms with van der Waals surface area (Å²) in [6, 6.07) is 2.69. The minimum Gasteiger partial charge on any atom is -0.370 e. The number of pyridine rings is 1. The van der Waals surface area contributed by atoms with E-state index in [-0.39, 0.29) is 0 Å². The predicted molar refractivity (Wildman–Crippen MR) is 69.8 cm³/mol. The van der Waals surface area contributed by atoms with Crippen LogP contribution in [-0.2, 0) is 6.54 Å². The molecule has 0 amide bonds. The second kappa shape index (κ2) is 6.48. The number of nitrogens with one attached hydrogen (secondary N) is 1. The van der Waals surface area contributed by atoms with Crippen LogP contribution in [0, 0.1) is 0 Å². The summed E-state index contributed by atoms with van der Waals surface area (Å²) in [4.78, 5) is 6.58. The Bertz CT molecular complexity index is 308. The van der Waals surface area contributed by atoms with Crippen LogP contribution < -0.4 is 10.2 Å². The molecule has 3 heteroatoms. The Kier molecular flexibility index (Phi) is 5.26. The number of hydrogen-bond donors (Lipinski definition) is 1. The molecule has 0 saturated heterocycles. The molecule has 0 aromatic carbocycles. The van der Waals surface area contributed by atoms with E-state index in [1.807, 2.05) is 19.4 Å². The molecule has 0 fully saturated rings. The molecule has 0 bridgehead atoms. The lowest BCUT2D eigenvalue weighted by Crippen LogP contribution is -2.31. The van der Waals surface area contributed by atoms with E-state index in [9.17, 15) is 0 Å². The van der Waals surface area contributed by atoms with Gasteiger partial charge in [-0.3, -0.25) is 4.98 Å². The van der Waals surface area contributed by atoms with E-state index >= 15 is 0 Å². The zero-order chi connectivity index (χ0) is 12.0. The Hall–Kier alpha value is -1.09. The zero-order valence-electron chi connectivity index (χ0n) is 10.8. The van der Waals surface area contributed by atoms with Crippen molar-refractivity contribution in [1.29, 1.82) is 0 Å². The van der Waals surface area contributed by atoms with E-state index < -0.39 is 0 Å². The summed E-state index contributed by atoms with van der Waals surface area (Å²) < 4.78 is 0. The Balaban J connectivity index is 2.92. The van der Waals surface area contributed by atoms with Crippen LogP contribution in [0.3, 0.4) is 0 Å². The van der Waals surface area contributed by atoms with E-state index in [1.54, 1.807) is 0 Å². The molecule has 0 radical (unpaired) electrons. The first-order valence-corrected chi connectivity index (χ1v) is 6.04. The lowest BCUT2D eigenvalue weighted by Gasteiger charge is -2.29. The smallest absolute Gasteiger partial charge is 0.0598 e. The van der Waals surface area contributed by atoms with Crippen molar-refractivity contribution in [3.8, 4) is 0 Å². The second-order valence-corrected chi connectivity index (χ2v) is 4.12. The molecule has 1 aromatic rings. The monoisotopic (exact) mass is 221 g/mol. The fourth-order valence-electron chi connectivity index (χ4n) is 2.11. The molecule has 0 spiro atoms. The third kappa shape index (κ3) is 2.95. The highest BCUT2D eigenvalue weighted by Gasteiger charge is 2.14. The van der Waals surface area contributed by atoms with Gasteiger partial charge in [-0.1, -0.05) is 13.8 Å². The summed E-state index contributed by atoms with van der Waals surface area (Å²) in [6.07, 6.45) is 6.16. The van der Waals surface area contributed by atoms with Crippen molar-refractivity contribution in [2.24, 2.45) is 0 Å². The molecule has 1 N–H and O–H groups in total. The topological polar surface area (TPSA) is 28.2 Å². The lowest BCUT2D eigenvalue weighted by molar-refractivity contribution is 0.588. The van der Waals surface area contributed by atoms with Crippen LogP contribution >= 0.6 is 0 Å². The summed E-state index contributed by atoms with van der Waals surface area (Å²) in [7, 11) is 4.13. The molecule has 90 valence electrons. The molecule has 0 aliphatic carbocycles. The van der Waals surface area contributed by atoms with Gasteiger partial charge < -0.3 is 10.2 Å². The number of hydrogen-bond acceptors (Lipinski definition) is 3. The first kappa shape index (κ1) is 13.0. The van der Waals surface area contributed by atoms with Gasteiger partial charge in [-0.05, 0) is 31.5 Å². The van der Waals surface area contributed by atoms with Crippen LogP contribution in [0.2, 0.25) is 0 Å². The summed E-state index contributed by atoms with van der Waals surface area (Å²) in [6.45, 7) is 5.36. The van der Waals surface area contributed by atoms with Gasteiger partial charge in [-0.2, -0.15) is 0 Å². The first-order valence-electron chi connectivity index (χ1n) is 6.04. The number of nitrogens with zero attached hydrogens (tertiary/aromatic N) is 2. The molecule has 1 aromatic heterocycles. The highest BCUT2D eigenvalue weighted by molar-refractivity contribution is 5.51. The highest BCUT2D eigenvalue weighted by atomic mass is 15.1. The van der Waals surface area contributed by atoms with E-state index in [0.29, 0.717) is 6.04 Å². The maximum Gasteiger partial charge on any atom is 0.0598 e. The number of anilines is 1. The lowest BCUT2D eigenvalue weighted by atomic mass is 10.1. The van der Waals surface area contributed by atoms with Gasteiger partial charge in [0.15, 0.2) is 0 Å². The van der Waals surface area contributed by atoms with Crippen LogP contribution in [0.25, 0.3) is 0 Å². The summed E-state index contributed by atoms with van der Waals surface area (Å²) in [5.74, 6) is 0. The summed E-state index contributed by atoms with van der Waals surface area (Å²) >= 11 is 0. The molecule has 3 nitrogen and oxygen atoms in total. The summed E-state index contributed by atoms with van der Waals surface area (Å²) in [5.41, 5.74) is 2.55. The number of rotatable bonds is 6. The second-order valence-electron chi connectivity index (χ2n) is 4.12. The van der Waals surface area contributed by atoms with Crippen molar-refractivity contribution in [3.63, 3.8) is 0 Å². The van der Waals surface area contributed by atoms with Crippen molar-refractivity contribution < 1.29 is 0 Å². The van der Waals surface area contributed by atoms with Gasteiger partial charge in [0, 0.05) is 25.8 Å². The van der Waals surface area contributed by atoms with Gasteiger partial charge in [-0.15, -0.1) is 0 Å². The normalized spacial score (nSPS) is 10.8. The van der Waals surface area contributed by atoms with Crippen molar-refractivity contribution >= 4 is 5.69 Å². The van der Waals surface area contributed by atoms with Crippen LogP contribution in [0.1, 0.15) is 32.3 Å². The molecule has 0 aliphatic heterocycles. The SMILES string of the molecule is CCC(CC)N(C)c1cnccc1CNC. The minimum atomic E-state index is 0.597. The van der Waals surface area contributed by atoms with Gasteiger partial charge >= 0.3 is 0 Å². The number of aromatic nitrogens is 1. The average molecular weight is 221 g/mol. The van der Waals surface area contributed by atoms with Gasteiger partial charge in [0.25, 0.3) is 0 Å². The van der Waals surface area contributed by atoms with E-state index in [0.717, 1.165) is 6.54 Å². The Morgan fingerprint density at radius 2 is 2.06 bits per heavy atom. The van der Waals surface area contributed by atoms with Crippen LogP contribution in [0.5, 0.6) is 0 Å². The maximum absolute atomic E-state index is 4.23. The van der Waals surface area contributed by atoms with E-state index in [2.05, 4.69) is 42.2 Å². The van der Waals surface area contributed by atoms with Crippen molar-refractivity contribution in [2.75, 3.05) is 19.0 Å². The minimum absolute atomic E-state index is 0.597. The fourth-order valence-corrected chi connectivity index (χ4v) is 2.11. The quantitative estimate of drug-likeness (QED) is 0.799. The zero-order valence-corrected chi connectivity index (χ0v) is 10.8. The predicted octanol–water partition coefficient (Wildman–Crippen LogP) is 2.43. The molecular formula is C13H23N3. The van der Waals surface area contributed by atoms with Crippen LogP contribution in [-0.4, -0.2) is 25.1 Å². The van der Waals surface area contributed by atoms with Crippen LogP contribution in [0.15, 0.2) is 18.5 Å². The maximum atomic E-state index is 4.23. The average Bonchev–Trinajstić information content (AvgIpc) is 2.31. The van der Waals surface area contributed by atoms with Gasteiger partial charge in [-0.25, -0.2) is 0 Å². The molecular weight excluding hydrogens is 198 g/mol. The van der Waals surface area contributed by atoms with Crippen molar-refractivity contribution in [3.05, 3.63) is 24.0 Å². The molecule has 1 heterocycles. The van der Waals surface area contributed by atoms with Gasteiger partial charge in [0.1, 0.15) is 0 Å². The Morgan fingerprint density at radius 1 is 1.38 bits per heavy atom. The molecule has 0 aliphatic rings. The van der Waals surface area contributed by atoms with Gasteiger partial charge in [0.05, 0.1) is 11.9 Å². The highest BCUT2D eigenvalue weighted by Crippen LogP contribution is 2.22. The third-order valence-electron chi connectivity index (χ3n) is 3.13. The Labute approximate surface area is 98.9 Å². The van der Waals surface area contributed by atoms with Crippen molar-refractivity contribution in [1.82, 2.24) is 10.3 Å². The molecule has 0 unspecified atom stereocenters. The van der Waals surface area contributed by atoms with E-state index in [4.69, 9.17) is 0 Å². The van der Waals surface area contributed by atoms with Crippen LogP contribution in [0.4, 0.5) is 5.69 Å². The fraction of sp³-hybridized carbons (Fsp3) is 0.615. The molecule has 16 heavy (non-hydrogen) atoms. The third-order valence-corrected chi connectivity index (χ3v) is 3.13. The molecule has 0 saturated carbocycles. The Morgan fingerprint density at radius 3 is 2.62 bits per heavy atom. The van der Waals surface area contributed by atoms with Crippen molar-refractivity contribution in [2.45, 2.75) is 39.3 Å². The largest absolute Gasteiger partial charge is 0.370 e. The summed E-state index contributed by atoms with van der Waals surface area (Å²) in [5, 5.41) is 3.20. The molecule has 1 rings (SSSR count). The molecule has 0 atom stereocenters.